The van der Waals surface area contributed by atoms with E-state index in [0.717, 1.165) is 52.4 Å². The van der Waals surface area contributed by atoms with Crippen LogP contribution in [-0.2, 0) is 11.3 Å². The fraction of sp³-hybridized carbons (Fsp3) is 0.650. The molecular formula is C20H31N3O2. The minimum absolute atomic E-state index is 0.0948. The SMILES string of the molecule is CCOC[C@@H]1CCN(C(=O)N[C@@H]2CN(Cc3ccccc3)C[C@H]2C)C1. The van der Waals surface area contributed by atoms with Gasteiger partial charge in [0.1, 0.15) is 0 Å². The van der Waals surface area contributed by atoms with Gasteiger partial charge in [-0.15, -0.1) is 0 Å². The Hall–Kier alpha value is -1.59. The molecule has 0 saturated carbocycles. The fourth-order valence-electron chi connectivity index (χ4n) is 3.91. The molecule has 0 aliphatic carbocycles. The topological polar surface area (TPSA) is 44.8 Å². The number of rotatable bonds is 6. The molecule has 25 heavy (non-hydrogen) atoms. The molecule has 3 rings (SSSR count). The zero-order valence-corrected chi connectivity index (χ0v) is 15.5. The normalized spacial score (nSPS) is 27.0. The van der Waals surface area contributed by atoms with Gasteiger partial charge in [0.2, 0.25) is 0 Å². The first kappa shape index (κ1) is 18.2. The van der Waals surface area contributed by atoms with E-state index in [9.17, 15) is 4.79 Å². The number of nitrogens with zero attached hydrogens (tertiary/aromatic N) is 2. The Bertz CT molecular complexity index is 551. The van der Waals surface area contributed by atoms with Gasteiger partial charge < -0.3 is 15.0 Å². The highest BCUT2D eigenvalue weighted by molar-refractivity contribution is 5.75. The summed E-state index contributed by atoms with van der Waals surface area (Å²) in [6.07, 6.45) is 1.05. The van der Waals surface area contributed by atoms with E-state index in [2.05, 4.69) is 41.4 Å². The Kier molecular flexibility index (Phi) is 6.32. The highest BCUT2D eigenvalue weighted by Gasteiger charge is 2.33. The van der Waals surface area contributed by atoms with Crippen molar-refractivity contribution in [3.8, 4) is 0 Å². The molecule has 2 heterocycles. The molecule has 2 fully saturated rings. The summed E-state index contributed by atoms with van der Waals surface area (Å²) in [5.41, 5.74) is 1.33. The van der Waals surface area contributed by atoms with Crippen LogP contribution in [0.15, 0.2) is 30.3 Å². The maximum absolute atomic E-state index is 12.6. The monoisotopic (exact) mass is 345 g/mol. The lowest BCUT2D eigenvalue weighted by Gasteiger charge is -2.23. The zero-order chi connectivity index (χ0) is 17.6. The summed E-state index contributed by atoms with van der Waals surface area (Å²) in [4.78, 5) is 17.0. The third-order valence-corrected chi connectivity index (χ3v) is 5.38. The first-order chi connectivity index (χ1) is 12.2. The van der Waals surface area contributed by atoms with Crippen LogP contribution < -0.4 is 5.32 Å². The van der Waals surface area contributed by atoms with Gasteiger partial charge in [-0.1, -0.05) is 37.3 Å². The second-order valence-electron chi connectivity index (χ2n) is 7.47. The lowest BCUT2D eigenvalue weighted by molar-refractivity contribution is 0.113. The Morgan fingerprint density at radius 3 is 2.80 bits per heavy atom. The number of carbonyl (C=O) groups excluding carboxylic acids is 1. The van der Waals surface area contributed by atoms with Crippen LogP contribution in [0.5, 0.6) is 0 Å². The first-order valence-electron chi connectivity index (χ1n) is 9.55. The minimum Gasteiger partial charge on any atom is -0.381 e. The Labute approximate surface area is 151 Å². The third-order valence-electron chi connectivity index (χ3n) is 5.38. The number of ether oxygens (including phenoxy) is 1. The number of carbonyl (C=O) groups is 1. The van der Waals surface area contributed by atoms with Gasteiger partial charge in [-0.25, -0.2) is 4.79 Å². The van der Waals surface area contributed by atoms with Crippen LogP contribution in [-0.4, -0.2) is 61.3 Å². The fourth-order valence-corrected chi connectivity index (χ4v) is 3.91. The summed E-state index contributed by atoms with van der Waals surface area (Å²) in [6, 6.07) is 10.9. The van der Waals surface area contributed by atoms with Crippen molar-refractivity contribution < 1.29 is 9.53 Å². The molecule has 0 spiro atoms. The average molecular weight is 345 g/mol. The van der Waals surface area contributed by atoms with Crippen LogP contribution in [0, 0.1) is 11.8 Å². The molecule has 0 bridgehead atoms. The predicted molar refractivity (Wildman–Crippen MR) is 99.4 cm³/mol. The number of benzene rings is 1. The van der Waals surface area contributed by atoms with Gasteiger partial charge in [-0.05, 0) is 24.8 Å². The van der Waals surface area contributed by atoms with Crippen molar-refractivity contribution in [1.82, 2.24) is 15.1 Å². The van der Waals surface area contributed by atoms with Crippen molar-refractivity contribution in [2.45, 2.75) is 32.9 Å². The molecule has 138 valence electrons. The van der Waals surface area contributed by atoms with Crippen LogP contribution in [0.3, 0.4) is 0 Å². The molecule has 2 aliphatic heterocycles. The van der Waals surface area contributed by atoms with Gasteiger partial charge in [-0.2, -0.15) is 0 Å². The second kappa shape index (κ2) is 8.68. The molecule has 2 amide bonds. The maximum atomic E-state index is 12.6. The lowest BCUT2D eigenvalue weighted by atomic mass is 10.1. The van der Waals surface area contributed by atoms with Gasteiger partial charge in [0, 0.05) is 51.3 Å². The highest BCUT2D eigenvalue weighted by atomic mass is 16.5. The van der Waals surface area contributed by atoms with Crippen molar-refractivity contribution in [3.63, 3.8) is 0 Å². The standard InChI is InChI=1S/C20H31N3O2/c1-3-25-15-18-9-10-23(13-18)20(24)21-19-14-22(11-16(19)2)12-17-7-5-4-6-8-17/h4-8,16,18-19H,3,9-15H2,1-2H3,(H,21,24)/t16-,18-,19-/m1/s1. The lowest BCUT2D eigenvalue weighted by Crippen LogP contribution is -2.46. The number of likely N-dealkylation sites (tertiary alicyclic amines) is 2. The van der Waals surface area contributed by atoms with Gasteiger partial charge in [0.25, 0.3) is 0 Å². The summed E-state index contributed by atoms with van der Waals surface area (Å²) in [6.45, 7) is 10.4. The molecule has 0 radical (unpaired) electrons. The van der Waals surface area contributed by atoms with E-state index in [1.165, 1.54) is 5.56 Å². The van der Waals surface area contributed by atoms with Gasteiger partial charge in [0.05, 0.1) is 6.61 Å². The average Bonchev–Trinajstić information content (AvgIpc) is 3.21. The molecule has 2 aliphatic rings. The summed E-state index contributed by atoms with van der Waals surface area (Å²) < 4.78 is 5.50. The third kappa shape index (κ3) is 4.95. The predicted octanol–water partition coefficient (Wildman–Crippen LogP) is 2.57. The van der Waals surface area contributed by atoms with Crippen LogP contribution in [0.2, 0.25) is 0 Å². The molecule has 3 atom stereocenters. The quantitative estimate of drug-likeness (QED) is 0.862. The Balaban J connectivity index is 1.45. The molecule has 5 nitrogen and oxygen atoms in total. The summed E-state index contributed by atoms with van der Waals surface area (Å²) in [5.74, 6) is 0.968. The maximum Gasteiger partial charge on any atom is 0.317 e. The molecule has 0 unspecified atom stereocenters. The zero-order valence-electron chi connectivity index (χ0n) is 15.5. The smallest absolute Gasteiger partial charge is 0.317 e. The first-order valence-corrected chi connectivity index (χ1v) is 9.55. The molecule has 1 N–H and O–H groups in total. The van der Waals surface area contributed by atoms with E-state index in [1.807, 2.05) is 17.9 Å². The number of amides is 2. The van der Waals surface area contributed by atoms with Crippen molar-refractivity contribution in [2.24, 2.45) is 11.8 Å². The van der Waals surface area contributed by atoms with Gasteiger partial charge in [0.15, 0.2) is 0 Å². The van der Waals surface area contributed by atoms with Crippen LogP contribution in [0.4, 0.5) is 4.79 Å². The minimum atomic E-state index is 0.0948. The largest absolute Gasteiger partial charge is 0.381 e. The second-order valence-corrected chi connectivity index (χ2v) is 7.47. The summed E-state index contributed by atoms with van der Waals surface area (Å²) >= 11 is 0. The number of nitrogens with one attached hydrogen (secondary N) is 1. The van der Waals surface area contributed by atoms with Crippen molar-refractivity contribution in [3.05, 3.63) is 35.9 Å². The van der Waals surface area contributed by atoms with E-state index in [4.69, 9.17) is 4.74 Å². The Morgan fingerprint density at radius 2 is 2.04 bits per heavy atom. The number of urea groups is 1. The van der Waals surface area contributed by atoms with Crippen molar-refractivity contribution in [2.75, 3.05) is 39.4 Å². The molecule has 0 aromatic heterocycles. The number of hydrogen-bond acceptors (Lipinski definition) is 3. The highest BCUT2D eigenvalue weighted by Crippen LogP contribution is 2.21. The van der Waals surface area contributed by atoms with Crippen LogP contribution in [0.25, 0.3) is 0 Å². The van der Waals surface area contributed by atoms with Gasteiger partial charge in [-0.3, -0.25) is 4.90 Å². The molecular weight excluding hydrogens is 314 g/mol. The summed E-state index contributed by atoms with van der Waals surface area (Å²) in [5, 5.41) is 3.27. The molecule has 5 heteroatoms. The Morgan fingerprint density at radius 1 is 1.24 bits per heavy atom. The van der Waals surface area contributed by atoms with E-state index in [-0.39, 0.29) is 12.1 Å². The van der Waals surface area contributed by atoms with E-state index < -0.39 is 0 Å². The van der Waals surface area contributed by atoms with Crippen LogP contribution in [0.1, 0.15) is 25.8 Å². The van der Waals surface area contributed by atoms with E-state index in [0.29, 0.717) is 11.8 Å². The molecule has 1 aromatic rings. The van der Waals surface area contributed by atoms with Crippen molar-refractivity contribution >= 4 is 6.03 Å². The molecule has 1 aromatic carbocycles. The number of hydrogen-bond donors (Lipinski definition) is 1. The van der Waals surface area contributed by atoms with Crippen molar-refractivity contribution in [1.29, 1.82) is 0 Å². The molecule has 2 saturated heterocycles. The van der Waals surface area contributed by atoms with E-state index >= 15 is 0 Å². The summed E-state index contributed by atoms with van der Waals surface area (Å²) in [7, 11) is 0. The van der Waals surface area contributed by atoms with Gasteiger partial charge >= 0.3 is 6.03 Å². The van der Waals surface area contributed by atoms with Crippen LogP contribution >= 0.6 is 0 Å². The van der Waals surface area contributed by atoms with E-state index in [1.54, 1.807) is 0 Å².